The van der Waals surface area contributed by atoms with E-state index in [-0.39, 0.29) is 6.42 Å². The minimum Gasteiger partial charge on any atom is -0.481 e. The fraction of sp³-hybridized carbons (Fsp3) is 0.136. The Hall–Kier alpha value is -3.27. The van der Waals surface area contributed by atoms with Crippen molar-refractivity contribution in [2.24, 2.45) is 0 Å². The standard InChI is InChI=1S/C22H21NO3/c1-15-19-7-3-4-8-21(19)26-14-20(15)16(2)23-18-12-10-17(11-13-18)6-5-9-22(24)25/h3-4,7-8,10-14,23H,1-2,5-6,9H2,(H,24,25). The van der Waals surface area contributed by atoms with Crippen LogP contribution >= 0.6 is 0 Å². The summed E-state index contributed by atoms with van der Waals surface area (Å²) in [7, 11) is 0. The van der Waals surface area contributed by atoms with Gasteiger partial charge in [-0.2, -0.15) is 0 Å². The van der Waals surface area contributed by atoms with Gasteiger partial charge in [0.25, 0.3) is 0 Å². The molecular formula is C22H21NO3. The molecule has 0 radical (unpaired) electrons. The number of carbonyl (C=O) groups is 1. The molecular weight excluding hydrogens is 326 g/mol. The SMILES string of the molecule is C=C(Nc1ccc(CCCC(=O)O)cc1)C1=COc2ccccc2C1=C. The minimum absolute atomic E-state index is 0.189. The zero-order valence-corrected chi connectivity index (χ0v) is 14.5. The van der Waals surface area contributed by atoms with E-state index in [1.165, 1.54) is 0 Å². The highest BCUT2D eigenvalue weighted by Crippen LogP contribution is 2.36. The van der Waals surface area contributed by atoms with E-state index in [0.717, 1.165) is 40.1 Å². The number of anilines is 1. The van der Waals surface area contributed by atoms with Crippen LogP contribution in [0.1, 0.15) is 24.0 Å². The Morgan fingerprint density at radius 1 is 1.12 bits per heavy atom. The van der Waals surface area contributed by atoms with Crippen molar-refractivity contribution in [3.63, 3.8) is 0 Å². The van der Waals surface area contributed by atoms with Gasteiger partial charge >= 0.3 is 5.97 Å². The van der Waals surface area contributed by atoms with E-state index in [4.69, 9.17) is 9.84 Å². The number of hydrogen-bond donors (Lipinski definition) is 2. The van der Waals surface area contributed by atoms with Crippen molar-refractivity contribution in [2.45, 2.75) is 19.3 Å². The van der Waals surface area contributed by atoms with Gasteiger partial charge in [-0.05, 0) is 42.2 Å². The third kappa shape index (κ3) is 4.03. The summed E-state index contributed by atoms with van der Waals surface area (Å²) in [6.07, 6.45) is 3.24. The highest BCUT2D eigenvalue weighted by molar-refractivity contribution is 5.86. The Morgan fingerprint density at radius 3 is 2.58 bits per heavy atom. The van der Waals surface area contributed by atoms with Gasteiger partial charge in [0.1, 0.15) is 12.0 Å². The van der Waals surface area contributed by atoms with Gasteiger partial charge in [0.05, 0.1) is 0 Å². The van der Waals surface area contributed by atoms with Crippen LogP contribution in [0.4, 0.5) is 5.69 Å². The van der Waals surface area contributed by atoms with E-state index in [2.05, 4.69) is 18.5 Å². The molecule has 0 saturated heterocycles. The van der Waals surface area contributed by atoms with Gasteiger partial charge in [-0.1, -0.05) is 43.5 Å². The average molecular weight is 347 g/mol. The molecule has 0 spiro atoms. The molecule has 132 valence electrons. The smallest absolute Gasteiger partial charge is 0.303 e. The zero-order chi connectivity index (χ0) is 18.5. The molecule has 0 saturated carbocycles. The highest BCUT2D eigenvalue weighted by atomic mass is 16.5. The first-order valence-electron chi connectivity index (χ1n) is 8.47. The van der Waals surface area contributed by atoms with Crippen molar-refractivity contribution in [1.29, 1.82) is 0 Å². The van der Waals surface area contributed by atoms with Crippen LogP contribution in [-0.2, 0) is 11.2 Å². The van der Waals surface area contributed by atoms with Crippen molar-refractivity contribution >= 4 is 17.2 Å². The molecule has 1 aliphatic rings. The number of hydrogen-bond acceptors (Lipinski definition) is 3. The minimum atomic E-state index is -0.760. The summed E-state index contributed by atoms with van der Waals surface area (Å²) in [5.74, 6) is 0.0316. The maximum atomic E-state index is 10.6. The van der Waals surface area contributed by atoms with Crippen molar-refractivity contribution in [1.82, 2.24) is 0 Å². The molecule has 1 heterocycles. The summed E-state index contributed by atoms with van der Waals surface area (Å²) < 4.78 is 5.68. The fourth-order valence-corrected chi connectivity index (χ4v) is 2.85. The summed E-state index contributed by atoms with van der Waals surface area (Å²) in [5.41, 5.74) is 5.39. The van der Waals surface area contributed by atoms with Crippen LogP contribution in [0.3, 0.4) is 0 Å². The number of fused-ring (bicyclic) bond motifs is 1. The van der Waals surface area contributed by atoms with Crippen molar-refractivity contribution in [3.05, 3.63) is 90.3 Å². The van der Waals surface area contributed by atoms with Crippen LogP contribution < -0.4 is 10.1 Å². The van der Waals surface area contributed by atoms with E-state index in [1.54, 1.807) is 6.26 Å². The predicted molar refractivity (Wildman–Crippen MR) is 104 cm³/mol. The second kappa shape index (κ2) is 7.74. The first-order valence-corrected chi connectivity index (χ1v) is 8.47. The van der Waals surface area contributed by atoms with Crippen LogP contribution in [0, 0.1) is 0 Å². The van der Waals surface area contributed by atoms with Crippen molar-refractivity contribution in [2.75, 3.05) is 5.32 Å². The molecule has 0 atom stereocenters. The molecule has 0 aromatic heterocycles. The summed E-state index contributed by atoms with van der Waals surface area (Å²) in [5, 5.41) is 12.0. The molecule has 3 rings (SSSR count). The Labute approximate surface area is 153 Å². The number of ether oxygens (including phenoxy) is 1. The molecule has 1 aliphatic heterocycles. The lowest BCUT2D eigenvalue weighted by molar-refractivity contribution is -0.137. The molecule has 2 aromatic rings. The van der Waals surface area contributed by atoms with Gasteiger partial charge < -0.3 is 15.2 Å². The summed E-state index contributed by atoms with van der Waals surface area (Å²) >= 11 is 0. The van der Waals surface area contributed by atoms with Crippen LogP contribution in [0.5, 0.6) is 5.75 Å². The predicted octanol–water partition coefficient (Wildman–Crippen LogP) is 5.01. The van der Waals surface area contributed by atoms with Crippen LogP contribution in [0.2, 0.25) is 0 Å². The van der Waals surface area contributed by atoms with Gasteiger partial charge in [0.2, 0.25) is 0 Å². The fourth-order valence-electron chi connectivity index (χ4n) is 2.85. The topological polar surface area (TPSA) is 58.6 Å². The molecule has 26 heavy (non-hydrogen) atoms. The molecule has 2 N–H and O–H groups in total. The second-order valence-electron chi connectivity index (χ2n) is 6.17. The van der Waals surface area contributed by atoms with Crippen molar-refractivity contribution < 1.29 is 14.6 Å². The van der Waals surface area contributed by atoms with E-state index in [0.29, 0.717) is 12.1 Å². The number of nitrogens with one attached hydrogen (secondary N) is 1. The van der Waals surface area contributed by atoms with Crippen molar-refractivity contribution in [3.8, 4) is 5.75 Å². The quantitative estimate of drug-likeness (QED) is 0.739. The number of allylic oxidation sites excluding steroid dienone is 1. The van der Waals surface area contributed by atoms with Gasteiger partial charge in [0.15, 0.2) is 0 Å². The Balaban J connectivity index is 1.62. The maximum absolute atomic E-state index is 10.6. The van der Waals surface area contributed by atoms with Gasteiger partial charge in [0, 0.05) is 28.9 Å². The van der Waals surface area contributed by atoms with E-state index >= 15 is 0 Å². The molecule has 0 amide bonds. The van der Waals surface area contributed by atoms with Crippen LogP contribution in [0.15, 0.2) is 79.2 Å². The van der Waals surface area contributed by atoms with Gasteiger partial charge in [-0.25, -0.2) is 0 Å². The molecule has 4 nitrogen and oxygen atoms in total. The zero-order valence-electron chi connectivity index (χ0n) is 14.5. The van der Waals surface area contributed by atoms with Gasteiger partial charge in [-0.15, -0.1) is 0 Å². The Morgan fingerprint density at radius 2 is 1.85 bits per heavy atom. The summed E-state index contributed by atoms with van der Waals surface area (Å²) in [6, 6.07) is 15.7. The van der Waals surface area contributed by atoms with Gasteiger partial charge in [-0.3, -0.25) is 4.79 Å². The number of aryl methyl sites for hydroxylation is 1. The van der Waals surface area contributed by atoms with E-state index in [9.17, 15) is 4.79 Å². The monoisotopic (exact) mass is 347 g/mol. The number of rotatable bonds is 7. The first kappa shape index (κ1) is 17.5. The molecule has 2 aromatic carbocycles. The first-order chi connectivity index (χ1) is 12.5. The molecule has 0 unspecified atom stereocenters. The second-order valence-corrected chi connectivity index (χ2v) is 6.17. The molecule has 0 aliphatic carbocycles. The molecule has 0 bridgehead atoms. The normalized spacial score (nSPS) is 12.6. The number of carboxylic acid groups (broad SMARTS) is 1. The summed E-state index contributed by atoms with van der Waals surface area (Å²) in [6.45, 7) is 8.27. The number of carboxylic acids is 1. The van der Waals surface area contributed by atoms with E-state index < -0.39 is 5.97 Å². The number of para-hydroxylation sites is 1. The Kier molecular flexibility index (Phi) is 5.23. The van der Waals surface area contributed by atoms with E-state index in [1.807, 2.05) is 48.5 Å². The molecule has 0 fully saturated rings. The summed E-state index contributed by atoms with van der Waals surface area (Å²) in [4.78, 5) is 10.6. The maximum Gasteiger partial charge on any atom is 0.303 e. The van der Waals surface area contributed by atoms with Crippen LogP contribution in [-0.4, -0.2) is 11.1 Å². The highest BCUT2D eigenvalue weighted by Gasteiger charge is 2.18. The third-order valence-electron chi connectivity index (χ3n) is 4.27. The average Bonchev–Trinajstić information content (AvgIpc) is 2.63. The van der Waals surface area contributed by atoms with Crippen LogP contribution in [0.25, 0.3) is 5.57 Å². The Bertz CT molecular complexity index is 879. The third-order valence-corrected chi connectivity index (χ3v) is 4.27. The lowest BCUT2D eigenvalue weighted by Gasteiger charge is -2.22. The number of aliphatic carboxylic acids is 1. The number of benzene rings is 2. The largest absolute Gasteiger partial charge is 0.481 e. The lowest BCUT2D eigenvalue weighted by atomic mass is 9.96. The lowest BCUT2D eigenvalue weighted by Crippen LogP contribution is -2.08. The molecule has 4 heteroatoms.